The predicted molar refractivity (Wildman–Crippen MR) is 104 cm³/mol. The molecule has 2 amide bonds. The molecule has 0 aromatic heterocycles. The molecule has 0 radical (unpaired) electrons. The van der Waals surface area contributed by atoms with Gasteiger partial charge in [-0.25, -0.2) is 0 Å². The lowest BCUT2D eigenvalue weighted by molar-refractivity contribution is -0.222. The zero-order valence-corrected chi connectivity index (χ0v) is 16.3. The van der Waals surface area contributed by atoms with E-state index in [2.05, 4.69) is 10.6 Å². The molecule has 3 atom stereocenters. The van der Waals surface area contributed by atoms with Crippen LogP contribution in [0.1, 0.15) is 40.0 Å². The van der Waals surface area contributed by atoms with Gasteiger partial charge in [0.1, 0.15) is 5.54 Å². The minimum absolute atomic E-state index is 0. The van der Waals surface area contributed by atoms with Gasteiger partial charge in [0.05, 0.1) is 6.10 Å². The van der Waals surface area contributed by atoms with Gasteiger partial charge in [0.15, 0.2) is 0 Å². The van der Waals surface area contributed by atoms with E-state index >= 15 is 0 Å². The van der Waals surface area contributed by atoms with Crippen LogP contribution in [0.5, 0.6) is 0 Å². The second-order valence-corrected chi connectivity index (χ2v) is 7.56. The molecule has 7 heteroatoms. The van der Waals surface area contributed by atoms with Crippen molar-refractivity contribution in [2.45, 2.75) is 51.7 Å². The van der Waals surface area contributed by atoms with Crippen molar-refractivity contribution in [3.8, 4) is 0 Å². The summed E-state index contributed by atoms with van der Waals surface area (Å²) < 4.78 is 5.85. The van der Waals surface area contributed by atoms with E-state index < -0.39 is 11.0 Å². The summed E-state index contributed by atoms with van der Waals surface area (Å²) in [4.78, 5) is 24.4. The molecule has 1 saturated carbocycles. The van der Waals surface area contributed by atoms with E-state index in [1.54, 1.807) is 31.2 Å². The average Bonchev–Trinajstić information content (AvgIpc) is 2.62. The van der Waals surface area contributed by atoms with Gasteiger partial charge >= 0.3 is 0 Å². The van der Waals surface area contributed by atoms with Crippen molar-refractivity contribution in [2.24, 2.45) is 17.1 Å². The summed E-state index contributed by atoms with van der Waals surface area (Å²) in [7, 11) is 0. The molecule has 144 valence electrons. The van der Waals surface area contributed by atoms with Gasteiger partial charge in [-0.1, -0.05) is 20.8 Å². The van der Waals surface area contributed by atoms with Crippen LogP contribution in [0.2, 0.25) is 0 Å². The maximum Gasteiger partial charge on any atom is 0.245 e. The number of amides is 2. The molecule has 2 fully saturated rings. The number of carbonyl (C=O) groups excluding carboxylic acids is 2. The van der Waals surface area contributed by atoms with Gasteiger partial charge in [-0.05, 0) is 37.1 Å². The summed E-state index contributed by atoms with van der Waals surface area (Å²) in [6.45, 7) is 6.55. The summed E-state index contributed by atoms with van der Waals surface area (Å²) in [5.74, 6) is -0.161. The summed E-state index contributed by atoms with van der Waals surface area (Å²) in [6, 6.07) is 7.08. The van der Waals surface area contributed by atoms with Gasteiger partial charge in [-0.2, -0.15) is 0 Å². The standard InChI is InChI=1S/C19H27N3O3.ClH/c1-4-15(23)21-12-7-9-13(10-8-12)22-17(24)19(20)14-6-5-11-25-16(14)18(19,2)3;/h7-10,14,16H,4-6,11,20H2,1-3H3,(H,21,23)(H,22,24);1H. The van der Waals surface area contributed by atoms with Crippen molar-refractivity contribution in [1.82, 2.24) is 0 Å². The molecule has 0 bridgehead atoms. The number of anilines is 2. The highest BCUT2D eigenvalue weighted by Crippen LogP contribution is 2.57. The molecule has 26 heavy (non-hydrogen) atoms. The SMILES string of the molecule is CCC(=O)Nc1ccc(NC(=O)C2(N)C3CCCOC3C2(C)C)cc1.Cl. The zero-order chi connectivity index (χ0) is 18.2. The van der Waals surface area contributed by atoms with E-state index in [0.717, 1.165) is 19.4 Å². The van der Waals surface area contributed by atoms with Gasteiger partial charge in [0, 0.05) is 35.7 Å². The number of benzene rings is 1. The Labute approximate surface area is 160 Å². The number of ether oxygens (including phenoxy) is 1. The molecule has 6 nitrogen and oxygen atoms in total. The lowest BCUT2D eigenvalue weighted by atomic mass is 9.46. The minimum Gasteiger partial charge on any atom is -0.377 e. The summed E-state index contributed by atoms with van der Waals surface area (Å²) >= 11 is 0. The second-order valence-electron chi connectivity index (χ2n) is 7.56. The first-order valence-corrected chi connectivity index (χ1v) is 8.92. The second kappa shape index (κ2) is 7.55. The minimum atomic E-state index is -0.937. The maximum atomic E-state index is 12.9. The van der Waals surface area contributed by atoms with Crippen LogP contribution in [-0.2, 0) is 14.3 Å². The quantitative estimate of drug-likeness (QED) is 0.747. The predicted octanol–water partition coefficient (Wildman–Crippen LogP) is 2.93. The van der Waals surface area contributed by atoms with Gasteiger partial charge in [0.25, 0.3) is 0 Å². The normalized spacial score (nSPS) is 28.8. The van der Waals surface area contributed by atoms with Gasteiger partial charge in [-0.3, -0.25) is 9.59 Å². The number of rotatable bonds is 4. The Morgan fingerprint density at radius 3 is 2.35 bits per heavy atom. The van der Waals surface area contributed by atoms with E-state index in [0.29, 0.717) is 17.8 Å². The number of halogens is 1. The molecular weight excluding hydrogens is 354 g/mol. The molecule has 0 spiro atoms. The average molecular weight is 382 g/mol. The molecule has 1 aliphatic carbocycles. The largest absolute Gasteiger partial charge is 0.377 e. The molecule has 1 aromatic carbocycles. The molecule has 1 aliphatic heterocycles. The molecule has 1 heterocycles. The van der Waals surface area contributed by atoms with Crippen LogP contribution >= 0.6 is 12.4 Å². The lowest BCUT2D eigenvalue weighted by Crippen LogP contribution is -2.81. The highest BCUT2D eigenvalue weighted by Gasteiger charge is 2.70. The summed E-state index contributed by atoms with van der Waals surface area (Å²) in [5.41, 5.74) is 6.62. The number of nitrogens with two attached hydrogens (primary N) is 1. The van der Waals surface area contributed by atoms with E-state index in [1.165, 1.54) is 0 Å². The Bertz CT molecular complexity index is 677. The third-order valence-electron chi connectivity index (χ3n) is 5.81. The Hall–Kier alpha value is -1.63. The molecule has 2 aliphatic rings. The van der Waals surface area contributed by atoms with Gasteiger partial charge in [-0.15, -0.1) is 12.4 Å². The van der Waals surface area contributed by atoms with Crippen LogP contribution in [0.3, 0.4) is 0 Å². The zero-order valence-electron chi connectivity index (χ0n) is 15.5. The van der Waals surface area contributed by atoms with Crippen molar-refractivity contribution in [3.63, 3.8) is 0 Å². The first kappa shape index (κ1) is 20.7. The van der Waals surface area contributed by atoms with E-state index in [4.69, 9.17) is 10.5 Å². The van der Waals surface area contributed by atoms with E-state index in [1.807, 2.05) is 13.8 Å². The third-order valence-corrected chi connectivity index (χ3v) is 5.81. The van der Waals surface area contributed by atoms with Crippen molar-refractivity contribution in [2.75, 3.05) is 17.2 Å². The molecular formula is C19H28ClN3O3. The Kier molecular flexibility index (Phi) is 6.00. The number of nitrogens with one attached hydrogen (secondary N) is 2. The smallest absolute Gasteiger partial charge is 0.245 e. The molecule has 1 saturated heterocycles. The van der Waals surface area contributed by atoms with Crippen molar-refractivity contribution in [3.05, 3.63) is 24.3 Å². The highest BCUT2D eigenvalue weighted by atomic mass is 35.5. The Balaban J connectivity index is 0.00000243. The first-order valence-electron chi connectivity index (χ1n) is 8.92. The van der Waals surface area contributed by atoms with Crippen molar-refractivity contribution >= 4 is 35.6 Å². The van der Waals surface area contributed by atoms with Crippen LogP contribution in [-0.4, -0.2) is 30.1 Å². The van der Waals surface area contributed by atoms with Crippen molar-refractivity contribution < 1.29 is 14.3 Å². The molecule has 3 unspecified atom stereocenters. The number of hydrogen-bond donors (Lipinski definition) is 3. The molecule has 1 aromatic rings. The fourth-order valence-corrected chi connectivity index (χ4v) is 4.16. The summed E-state index contributed by atoms with van der Waals surface area (Å²) in [5, 5.41) is 5.72. The Morgan fingerprint density at radius 2 is 1.77 bits per heavy atom. The summed E-state index contributed by atoms with van der Waals surface area (Å²) in [6.07, 6.45) is 2.33. The number of hydrogen-bond acceptors (Lipinski definition) is 4. The van der Waals surface area contributed by atoms with Crippen LogP contribution in [0, 0.1) is 11.3 Å². The molecule has 4 N–H and O–H groups in total. The number of carbonyl (C=O) groups is 2. The van der Waals surface area contributed by atoms with Gasteiger partial charge in [0.2, 0.25) is 11.8 Å². The van der Waals surface area contributed by atoms with Crippen LogP contribution in [0.25, 0.3) is 0 Å². The van der Waals surface area contributed by atoms with Crippen LogP contribution < -0.4 is 16.4 Å². The third kappa shape index (κ3) is 3.21. The fourth-order valence-electron chi connectivity index (χ4n) is 4.16. The Morgan fingerprint density at radius 1 is 1.19 bits per heavy atom. The first-order chi connectivity index (χ1) is 11.8. The van der Waals surface area contributed by atoms with Crippen molar-refractivity contribution in [1.29, 1.82) is 0 Å². The monoisotopic (exact) mass is 381 g/mol. The fraction of sp³-hybridized carbons (Fsp3) is 0.579. The number of fused-ring (bicyclic) bond motifs is 1. The molecule has 3 rings (SSSR count). The topological polar surface area (TPSA) is 93.5 Å². The van der Waals surface area contributed by atoms with E-state index in [9.17, 15) is 9.59 Å². The van der Waals surface area contributed by atoms with Crippen LogP contribution in [0.4, 0.5) is 11.4 Å². The van der Waals surface area contributed by atoms with Crippen LogP contribution in [0.15, 0.2) is 24.3 Å². The van der Waals surface area contributed by atoms with Gasteiger partial charge < -0.3 is 21.1 Å². The lowest BCUT2D eigenvalue weighted by Gasteiger charge is -2.65. The maximum absolute atomic E-state index is 12.9. The highest BCUT2D eigenvalue weighted by molar-refractivity contribution is 6.00. The van der Waals surface area contributed by atoms with E-state index in [-0.39, 0.29) is 36.2 Å².